The maximum atomic E-state index is 6.19. The van der Waals surface area contributed by atoms with Crippen LogP contribution in [-0.2, 0) is 13.0 Å². The van der Waals surface area contributed by atoms with Crippen molar-refractivity contribution in [3.8, 4) is 0 Å². The van der Waals surface area contributed by atoms with Crippen LogP contribution in [0, 0.1) is 0 Å². The summed E-state index contributed by atoms with van der Waals surface area (Å²) in [6.07, 6.45) is 6.29. The highest BCUT2D eigenvalue weighted by atomic mass is 35.5. The predicted molar refractivity (Wildman–Crippen MR) is 80.8 cm³/mol. The van der Waals surface area contributed by atoms with E-state index < -0.39 is 0 Å². The molecule has 4 nitrogen and oxygen atoms in total. The normalized spacial score (nSPS) is 11.1. The fourth-order valence-corrected chi connectivity index (χ4v) is 2.42. The zero-order valence-corrected chi connectivity index (χ0v) is 11.7. The molecule has 0 saturated heterocycles. The zero-order chi connectivity index (χ0) is 13.8. The standard InChI is InChI=1S/C15H15ClN4/c16-13-4-3-11(15-12(13)2-1-6-20-15)10-17-7-5-14-18-8-9-19-14/h1-4,6,8-9,17H,5,7,10H2,(H,18,19). The van der Waals surface area contributed by atoms with Gasteiger partial charge in [0.25, 0.3) is 0 Å². The van der Waals surface area contributed by atoms with Gasteiger partial charge in [0.1, 0.15) is 5.82 Å². The van der Waals surface area contributed by atoms with Crippen molar-refractivity contribution in [1.82, 2.24) is 20.3 Å². The average molecular weight is 287 g/mol. The highest BCUT2D eigenvalue weighted by Gasteiger charge is 2.05. The smallest absolute Gasteiger partial charge is 0.107 e. The van der Waals surface area contributed by atoms with Crippen molar-refractivity contribution in [2.45, 2.75) is 13.0 Å². The Morgan fingerprint density at radius 2 is 2.10 bits per heavy atom. The molecule has 0 bridgehead atoms. The molecule has 1 aromatic carbocycles. The van der Waals surface area contributed by atoms with E-state index in [1.165, 1.54) is 0 Å². The quantitative estimate of drug-likeness (QED) is 0.709. The maximum Gasteiger partial charge on any atom is 0.107 e. The van der Waals surface area contributed by atoms with E-state index in [4.69, 9.17) is 11.6 Å². The van der Waals surface area contributed by atoms with E-state index in [1.807, 2.05) is 30.5 Å². The third-order valence-electron chi connectivity index (χ3n) is 3.21. The monoisotopic (exact) mass is 286 g/mol. The van der Waals surface area contributed by atoms with Gasteiger partial charge in [-0.15, -0.1) is 0 Å². The number of pyridine rings is 1. The highest BCUT2D eigenvalue weighted by Crippen LogP contribution is 2.24. The first-order valence-electron chi connectivity index (χ1n) is 6.55. The minimum absolute atomic E-state index is 0.743. The fraction of sp³-hybridized carbons (Fsp3) is 0.200. The SMILES string of the molecule is Clc1ccc(CNCCc2ncc[nH]2)c2ncccc12. The van der Waals surface area contributed by atoms with Gasteiger partial charge in [0.15, 0.2) is 0 Å². The molecule has 0 radical (unpaired) electrons. The van der Waals surface area contributed by atoms with Crippen LogP contribution in [0.3, 0.4) is 0 Å². The lowest BCUT2D eigenvalue weighted by molar-refractivity contribution is 0.676. The number of benzene rings is 1. The molecule has 0 unspecified atom stereocenters. The van der Waals surface area contributed by atoms with Crippen LogP contribution in [0.4, 0.5) is 0 Å². The Bertz CT molecular complexity index is 694. The number of hydrogen-bond donors (Lipinski definition) is 2. The summed E-state index contributed by atoms with van der Waals surface area (Å²) in [7, 11) is 0. The lowest BCUT2D eigenvalue weighted by Gasteiger charge is -2.08. The number of aromatic amines is 1. The molecule has 2 heterocycles. The molecule has 0 spiro atoms. The van der Waals surface area contributed by atoms with Gasteiger partial charge >= 0.3 is 0 Å². The molecule has 0 saturated carbocycles. The van der Waals surface area contributed by atoms with E-state index in [9.17, 15) is 0 Å². The Morgan fingerprint density at radius 3 is 2.95 bits per heavy atom. The summed E-state index contributed by atoms with van der Waals surface area (Å²) < 4.78 is 0. The number of fused-ring (bicyclic) bond motifs is 1. The number of imidazole rings is 1. The number of aromatic nitrogens is 3. The molecule has 0 atom stereocenters. The molecule has 0 aliphatic rings. The topological polar surface area (TPSA) is 53.6 Å². The van der Waals surface area contributed by atoms with Crippen molar-refractivity contribution in [3.63, 3.8) is 0 Å². The largest absolute Gasteiger partial charge is 0.349 e. The van der Waals surface area contributed by atoms with E-state index in [1.54, 1.807) is 12.4 Å². The lowest BCUT2D eigenvalue weighted by atomic mass is 10.1. The van der Waals surface area contributed by atoms with Crippen molar-refractivity contribution >= 4 is 22.5 Å². The average Bonchev–Trinajstić information content (AvgIpc) is 2.99. The van der Waals surface area contributed by atoms with Crippen molar-refractivity contribution in [2.75, 3.05) is 6.54 Å². The summed E-state index contributed by atoms with van der Waals surface area (Å²) in [4.78, 5) is 11.7. The van der Waals surface area contributed by atoms with Gasteiger partial charge in [-0.3, -0.25) is 4.98 Å². The second-order valence-corrected chi connectivity index (χ2v) is 4.98. The van der Waals surface area contributed by atoms with E-state index in [0.717, 1.165) is 46.8 Å². The summed E-state index contributed by atoms with van der Waals surface area (Å²) >= 11 is 6.19. The number of nitrogens with one attached hydrogen (secondary N) is 2. The Hall–Kier alpha value is -1.91. The first-order valence-corrected chi connectivity index (χ1v) is 6.93. The Balaban J connectivity index is 1.67. The molecule has 3 aromatic rings. The van der Waals surface area contributed by atoms with Gasteiger partial charge < -0.3 is 10.3 Å². The molecule has 0 aliphatic carbocycles. The number of H-pyrrole nitrogens is 1. The van der Waals surface area contributed by atoms with Gasteiger partial charge in [-0.1, -0.05) is 17.7 Å². The number of nitrogens with zero attached hydrogens (tertiary/aromatic N) is 2. The molecule has 20 heavy (non-hydrogen) atoms. The number of hydrogen-bond acceptors (Lipinski definition) is 3. The van der Waals surface area contributed by atoms with E-state index in [0.29, 0.717) is 0 Å². The zero-order valence-electron chi connectivity index (χ0n) is 10.9. The van der Waals surface area contributed by atoms with Crippen LogP contribution in [0.25, 0.3) is 10.9 Å². The van der Waals surface area contributed by atoms with Crippen LogP contribution < -0.4 is 5.32 Å². The molecule has 102 valence electrons. The molecule has 0 fully saturated rings. The van der Waals surface area contributed by atoms with Gasteiger partial charge in [-0.05, 0) is 23.8 Å². The number of rotatable bonds is 5. The maximum absolute atomic E-state index is 6.19. The number of halogens is 1. The molecule has 2 N–H and O–H groups in total. The van der Waals surface area contributed by atoms with Gasteiger partial charge in [0.2, 0.25) is 0 Å². The summed E-state index contributed by atoms with van der Waals surface area (Å²) in [5, 5.41) is 5.15. The minimum atomic E-state index is 0.743. The van der Waals surface area contributed by atoms with Crippen molar-refractivity contribution in [1.29, 1.82) is 0 Å². The molecule has 3 rings (SSSR count). The van der Waals surface area contributed by atoms with Crippen LogP contribution in [0.15, 0.2) is 42.9 Å². The molecule has 2 aromatic heterocycles. The Morgan fingerprint density at radius 1 is 1.15 bits per heavy atom. The second-order valence-electron chi connectivity index (χ2n) is 4.57. The van der Waals surface area contributed by atoms with Crippen LogP contribution in [-0.4, -0.2) is 21.5 Å². The third kappa shape index (κ3) is 2.81. The van der Waals surface area contributed by atoms with Gasteiger partial charge in [0, 0.05) is 48.5 Å². The highest BCUT2D eigenvalue weighted by molar-refractivity contribution is 6.35. The third-order valence-corrected chi connectivity index (χ3v) is 3.54. The minimum Gasteiger partial charge on any atom is -0.349 e. The summed E-state index contributed by atoms with van der Waals surface area (Å²) in [6, 6.07) is 7.85. The van der Waals surface area contributed by atoms with Crippen LogP contribution in [0.1, 0.15) is 11.4 Å². The van der Waals surface area contributed by atoms with Crippen LogP contribution in [0.2, 0.25) is 5.02 Å². The Labute approximate surface area is 122 Å². The van der Waals surface area contributed by atoms with Gasteiger partial charge in [-0.25, -0.2) is 4.98 Å². The summed E-state index contributed by atoms with van der Waals surface area (Å²) in [6.45, 7) is 1.63. The van der Waals surface area contributed by atoms with Crippen LogP contribution in [0.5, 0.6) is 0 Å². The van der Waals surface area contributed by atoms with Crippen molar-refractivity contribution in [3.05, 3.63) is 59.3 Å². The molecule has 0 aliphatic heterocycles. The van der Waals surface area contributed by atoms with Gasteiger partial charge in [0.05, 0.1) is 5.52 Å². The van der Waals surface area contributed by atoms with E-state index >= 15 is 0 Å². The summed E-state index contributed by atoms with van der Waals surface area (Å²) in [5.74, 6) is 0.997. The first-order chi connectivity index (χ1) is 9.84. The van der Waals surface area contributed by atoms with E-state index in [-0.39, 0.29) is 0 Å². The van der Waals surface area contributed by atoms with Crippen LogP contribution >= 0.6 is 11.6 Å². The first kappa shape index (κ1) is 13.1. The summed E-state index contributed by atoms with van der Waals surface area (Å²) in [5.41, 5.74) is 2.12. The predicted octanol–water partition coefficient (Wildman–Crippen LogP) is 2.94. The Kier molecular flexibility index (Phi) is 3.95. The van der Waals surface area contributed by atoms with Gasteiger partial charge in [-0.2, -0.15) is 0 Å². The van der Waals surface area contributed by atoms with Crippen molar-refractivity contribution in [2.24, 2.45) is 0 Å². The molecule has 5 heteroatoms. The fourth-order valence-electron chi connectivity index (χ4n) is 2.20. The second kappa shape index (κ2) is 6.03. The lowest BCUT2D eigenvalue weighted by Crippen LogP contribution is -2.17. The molecular weight excluding hydrogens is 272 g/mol. The molecule has 0 amide bonds. The van der Waals surface area contributed by atoms with E-state index in [2.05, 4.69) is 20.3 Å². The molecular formula is C15H15ClN4. The van der Waals surface area contributed by atoms with Crippen molar-refractivity contribution < 1.29 is 0 Å².